The van der Waals surface area contributed by atoms with Gasteiger partial charge < -0.3 is 19.5 Å². The van der Waals surface area contributed by atoms with Gasteiger partial charge in [-0.25, -0.2) is 13.2 Å². The zero-order chi connectivity index (χ0) is 30.1. The van der Waals surface area contributed by atoms with Gasteiger partial charge in [0.1, 0.15) is 17.7 Å². The number of carbonyl (C=O) groups is 1. The van der Waals surface area contributed by atoms with E-state index in [2.05, 4.69) is 9.97 Å². The minimum atomic E-state index is -3.30. The highest BCUT2D eigenvalue weighted by atomic mass is 32.1. The van der Waals surface area contributed by atoms with Crippen LogP contribution in [0.3, 0.4) is 0 Å². The predicted octanol–water partition coefficient (Wildman–Crippen LogP) is 5.22. The largest absolute Gasteiger partial charge is 0.475 e. The van der Waals surface area contributed by atoms with E-state index in [-0.39, 0.29) is 71.1 Å². The van der Waals surface area contributed by atoms with E-state index in [0.717, 1.165) is 17.0 Å². The summed E-state index contributed by atoms with van der Waals surface area (Å²) in [5.41, 5.74) is -1.97. The van der Waals surface area contributed by atoms with Crippen LogP contribution in [0.2, 0.25) is 0 Å². The molecule has 1 aromatic heterocycles. The van der Waals surface area contributed by atoms with Crippen LogP contribution in [0.25, 0.3) is 10.9 Å². The molecule has 0 bridgehead atoms. The number of anilines is 2. The van der Waals surface area contributed by atoms with Crippen LogP contribution in [-0.2, 0) is 10.7 Å². The second kappa shape index (κ2) is 11.5. The number of rotatable bonds is 10. The van der Waals surface area contributed by atoms with Gasteiger partial charge in [0.15, 0.2) is 10.9 Å². The molecule has 41 heavy (non-hydrogen) atoms. The van der Waals surface area contributed by atoms with Gasteiger partial charge in [-0.1, -0.05) is 13.3 Å². The molecule has 0 aliphatic carbocycles. The lowest BCUT2D eigenvalue weighted by atomic mass is 9.97. The summed E-state index contributed by atoms with van der Waals surface area (Å²) in [4.78, 5) is 24.5. The number of amides is 1. The SMILES string of the molecule is CCCC(F)(F)c1cc(N2C(=O)C(C)(C)N(c3cc(F)c4nc(OCC)nc(OCCO)c4c3)C2=S)ccc1C#N. The Hall–Kier alpha value is -4.02. The molecular weight excluding hydrogens is 559 g/mol. The lowest BCUT2D eigenvalue weighted by molar-refractivity contribution is -0.120. The monoisotopic (exact) mass is 587 g/mol. The molecule has 1 aliphatic heterocycles. The Morgan fingerprint density at radius 2 is 1.88 bits per heavy atom. The van der Waals surface area contributed by atoms with Crippen molar-refractivity contribution in [1.29, 1.82) is 5.26 Å². The summed E-state index contributed by atoms with van der Waals surface area (Å²) in [6.07, 6.45) is -0.303. The third-order valence-corrected chi connectivity index (χ3v) is 6.92. The van der Waals surface area contributed by atoms with Crippen molar-refractivity contribution in [3.8, 4) is 18.0 Å². The number of aliphatic hydroxyl groups is 1. The molecule has 0 spiro atoms. The molecule has 0 atom stereocenters. The first-order valence-corrected chi connectivity index (χ1v) is 13.3. The maximum atomic E-state index is 15.5. The van der Waals surface area contributed by atoms with Gasteiger partial charge in [0.25, 0.3) is 11.8 Å². The van der Waals surface area contributed by atoms with Crippen LogP contribution >= 0.6 is 12.2 Å². The van der Waals surface area contributed by atoms with Gasteiger partial charge in [0.05, 0.1) is 35.9 Å². The second-order valence-electron chi connectivity index (χ2n) is 9.75. The average Bonchev–Trinajstić information content (AvgIpc) is 3.10. The van der Waals surface area contributed by atoms with Crippen LogP contribution in [0.4, 0.5) is 24.5 Å². The number of alkyl halides is 2. The van der Waals surface area contributed by atoms with Gasteiger partial charge in [0, 0.05) is 17.7 Å². The Kier molecular flexibility index (Phi) is 8.37. The number of aromatic nitrogens is 2. The van der Waals surface area contributed by atoms with Gasteiger partial charge in [0.2, 0.25) is 5.88 Å². The number of carbonyl (C=O) groups excluding carboxylic acids is 1. The van der Waals surface area contributed by atoms with E-state index in [4.69, 9.17) is 21.7 Å². The third kappa shape index (κ3) is 5.37. The first-order valence-electron chi connectivity index (χ1n) is 12.9. The molecule has 13 heteroatoms. The predicted molar refractivity (Wildman–Crippen MR) is 150 cm³/mol. The van der Waals surface area contributed by atoms with E-state index in [9.17, 15) is 23.9 Å². The maximum absolute atomic E-state index is 15.5. The molecule has 2 heterocycles. The lowest BCUT2D eigenvalue weighted by Gasteiger charge is -2.29. The fourth-order valence-corrected chi connectivity index (χ4v) is 5.20. The van der Waals surface area contributed by atoms with Crippen molar-refractivity contribution in [2.75, 3.05) is 29.6 Å². The van der Waals surface area contributed by atoms with Gasteiger partial charge in [-0.3, -0.25) is 9.69 Å². The highest BCUT2D eigenvalue weighted by Gasteiger charge is 2.51. The number of nitrogens with zero attached hydrogens (tertiary/aromatic N) is 5. The van der Waals surface area contributed by atoms with Gasteiger partial charge >= 0.3 is 6.01 Å². The number of nitriles is 1. The standard InChI is InChI=1S/C28H28F3N5O4S/c1-5-9-28(30,31)20-13-17(8-7-16(20)15-32)35-24(38)27(3,4)36(26(35)41)18-12-19-22(21(29)14-18)33-25(39-6-2)34-23(19)40-11-10-37/h7-8,12-14,37H,5-6,9-11H2,1-4H3. The third-order valence-electron chi connectivity index (χ3n) is 6.55. The van der Waals surface area contributed by atoms with Crippen molar-refractivity contribution in [1.82, 2.24) is 9.97 Å². The average molecular weight is 588 g/mol. The van der Waals surface area contributed by atoms with Crippen molar-refractivity contribution in [2.45, 2.75) is 52.0 Å². The fourth-order valence-electron chi connectivity index (χ4n) is 4.68. The first-order chi connectivity index (χ1) is 19.4. The Morgan fingerprint density at radius 3 is 2.51 bits per heavy atom. The van der Waals surface area contributed by atoms with E-state index >= 15 is 4.39 Å². The zero-order valence-electron chi connectivity index (χ0n) is 22.9. The molecule has 1 amide bonds. The molecule has 1 aliphatic rings. The number of aliphatic hydroxyl groups excluding tert-OH is 1. The van der Waals surface area contributed by atoms with Crippen molar-refractivity contribution < 1.29 is 32.5 Å². The number of ether oxygens (including phenoxy) is 2. The highest BCUT2D eigenvalue weighted by Crippen LogP contribution is 2.42. The summed E-state index contributed by atoms with van der Waals surface area (Å²) in [6, 6.07) is 8.01. The summed E-state index contributed by atoms with van der Waals surface area (Å²) in [6.45, 7) is 6.22. The molecular formula is C28H28F3N5O4S. The van der Waals surface area contributed by atoms with Crippen LogP contribution in [0.5, 0.6) is 11.9 Å². The maximum Gasteiger partial charge on any atom is 0.320 e. The van der Waals surface area contributed by atoms with Gasteiger partial charge in [-0.15, -0.1) is 0 Å². The van der Waals surface area contributed by atoms with Crippen LogP contribution in [0, 0.1) is 17.1 Å². The topological polar surface area (TPSA) is 112 Å². The fraction of sp³-hybridized carbons (Fsp3) is 0.393. The quantitative estimate of drug-likeness (QED) is 0.319. The van der Waals surface area contributed by atoms with E-state index < -0.39 is 35.2 Å². The summed E-state index contributed by atoms with van der Waals surface area (Å²) in [7, 11) is 0. The summed E-state index contributed by atoms with van der Waals surface area (Å²) in [5.74, 6) is -4.67. The van der Waals surface area contributed by atoms with Crippen molar-refractivity contribution in [3.63, 3.8) is 0 Å². The Morgan fingerprint density at radius 1 is 1.15 bits per heavy atom. The lowest BCUT2D eigenvalue weighted by Crippen LogP contribution is -2.44. The number of hydrogen-bond donors (Lipinski definition) is 1. The Labute approximate surface area is 240 Å². The molecule has 0 radical (unpaired) electrons. The zero-order valence-corrected chi connectivity index (χ0v) is 23.7. The molecule has 0 saturated carbocycles. The molecule has 9 nitrogen and oxygen atoms in total. The molecule has 3 aromatic rings. The molecule has 216 valence electrons. The molecule has 0 unspecified atom stereocenters. The minimum absolute atomic E-state index is 0.0470. The molecule has 1 saturated heterocycles. The van der Waals surface area contributed by atoms with Crippen molar-refractivity contribution in [2.24, 2.45) is 0 Å². The van der Waals surface area contributed by atoms with Crippen LogP contribution in [0.1, 0.15) is 51.7 Å². The van der Waals surface area contributed by atoms with E-state index in [1.54, 1.807) is 33.8 Å². The van der Waals surface area contributed by atoms with E-state index in [1.807, 2.05) is 0 Å². The van der Waals surface area contributed by atoms with E-state index in [0.29, 0.717) is 0 Å². The minimum Gasteiger partial charge on any atom is -0.475 e. The van der Waals surface area contributed by atoms with E-state index in [1.165, 1.54) is 23.1 Å². The normalized spacial score (nSPS) is 15.0. The highest BCUT2D eigenvalue weighted by molar-refractivity contribution is 7.81. The number of halogens is 3. The summed E-state index contributed by atoms with van der Waals surface area (Å²) >= 11 is 5.67. The van der Waals surface area contributed by atoms with Crippen molar-refractivity contribution in [3.05, 3.63) is 47.3 Å². The molecule has 2 aromatic carbocycles. The first kappa shape index (κ1) is 30.0. The second-order valence-corrected chi connectivity index (χ2v) is 10.1. The number of hydrogen-bond acceptors (Lipinski definition) is 8. The smallest absolute Gasteiger partial charge is 0.320 e. The van der Waals surface area contributed by atoms with Crippen LogP contribution in [0.15, 0.2) is 30.3 Å². The van der Waals surface area contributed by atoms with Crippen LogP contribution < -0.4 is 19.3 Å². The van der Waals surface area contributed by atoms with Crippen molar-refractivity contribution >= 4 is 45.5 Å². The number of benzene rings is 2. The van der Waals surface area contributed by atoms with Gasteiger partial charge in [-0.2, -0.15) is 15.2 Å². The Bertz CT molecular complexity index is 1560. The number of fused-ring (bicyclic) bond motifs is 1. The summed E-state index contributed by atoms with van der Waals surface area (Å²) in [5, 5.41) is 18.7. The summed E-state index contributed by atoms with van der Waals surface area (Å²) < 4.78 is 56.3. The van der Waals surface area contributed by atoms with Crippen LogP contribution in [-0.4, -0.2) is 51.5 Å². The van der Waals surface area contributed by atoms with Gasteiger partial charge in [-0.05, 0) is 63.3 Å². The molecule has 1 fully saturated rings. The molecule has 1 N–H and O–H groups in total. The Balaban J connectivity index is 1.84. The molecule has 4 rings (SSSR count). The number of thiocarbonyl (C=S) groups is 1.